The zero-order valence-corrected chi connectivity index (χ0v) is 12.1. The summed E-state index contributed by atoms with van der Waals surface area (Å²) in [5.74, 6) is -0.643. The molecule has 2 heterocycles. The van der Waals surface area contributed by atoms with Gasteiger partial charge in [-0.25, -0.2) is 9.78 Å². The number of carboxylic acids is 1. The lowest BCUT2D eigenvalue weighted by atomic mass is 10.2. The van der Waals surface area contributed by atoms with E-state index in [9.17, 15) is 9.59 Å². The summed E-state index contributed by atoms with van der Waals surface area (Å²) in [6.45, 7) is 1.68. The molecule has 0 atom stereocenters. The summed E-state index contributed by atoms with van der Waals surface area (Å²) in [7, 11) is 0. The Morgan fingerprint density at radius 2 is 2.20 bits per heavy atom. The standard InChI is InChI=1S/C13H11BrN2O4/c1-7-10(13(18)19)5-9(20-7)6-16-12(17)8-2-3-15-11(14)4-8/h2-5H,6H2,1H3,(H,16,17)(H,18,19). The van der Waals surface area contributed by atoms with E-state index in [1.54, 1.807) is 19.1 Å². The van der Waals surface area contributed by atoms with Crippen molar-refractivity contribution >= 4 is 27.8 Å². The fraction of sp³-hybridized carbons (Fsp3) is 0.154. The Morgan fingerprint density at radius 1 is 1.45 bits per heavy atom. The maximum atomic E-state index is 11.9. The molecule has 2 aromatic heterocycles. The van der Waals surface area contributed by atoms with E-state index in [2.05, 4.69) is 26.2 Å². The van der Waals surface area contributed by atoms with Crippen LogP contribution in [0.25, 0.3) is 0 Å². The number of aromatic carboxylic acids is 1. The third-order valence-corrected chi connectivity index (χ3v) is 3.04. The number of aromatic nitrogens is 1. The van der Waals surface area contributed by atoms with Gasteiger partial charge in [-0.3, -0.25) is 4.79 Å². The quantitative estimate of drug-likeness (QED) is 0.835. The topological polar surface area (TPSA) is 92.4 Å². The highest BCUT2D eigenvalue weighted by molar-refractivity contribution is 9.10. The van der Waals surface area contributed by atoms with E-state index in [0.29, 0.717) is 21.7 Å². The van der Waals surface area contributed by atoms with Crippen LogP contribution in [-0.2, 0) is 6.54 Å². The summed E-state index contributed by atoms with van der Waals surface area (Å²) >= 11 is 3.18. The van der Waals surface area contributed by atoms with E-state index < -0.39 is 5.97 Å². The summed E-state index contributed by atoms with van der Waals surface area (Å²) in [4.78, 5) is 26.7. The van der Waals surface area contributed by atoms with Crippen LogP contribution in [-0.4, -0.2) is 22.0 Å². The van der Waals surface area contributed by atoms with Crippen molar-refractivity contribution in [2.75, 3.05) is 0 Å². The van der Waals surface area contributed by atoms with Crippen LogP contribution in [0.5, 0.6) is 0 Å². The molecule has 2 N–H and O–H groups in total. The number of hydrogen-bond donors (Lipinski definition) is 2. The average Bonchev–Trinajstić information content (AvgIpc) is 2.77. The predicted molar refractivity (Wildman–Crippen MR) is 73.5 cm³/mol. The van der Waals surface area contributed by atoms with Crippen LogP contribution in [0.1, 0.15) is 32.2 Å². The number of aryl methyl sites for hydroxylation is 1. The van der Waals surface area contributed by atoms with Crippen molar-refractivity contribution in [2.24, 2.45) is 0 Å². The van der Waals surface area contributed by atoms with Gasteiger partial charge in [-0.15, -0.1) is 0 Å². The van der Waals surface area contributed by atoms with Crippen LogP contribution in [0, 0.1) is 6.92 Å². The highest BCUT2D eigenvalue weighted by Crippen LogP contribution is 2.14. The van der Waals surface area contributed by atoms with Gasteiger partial charge in [0.25, 0.3) is 5.91 Å². The molecular weight excluding hydrogens is 328 g/mol. The lowest BCUT2D eigenvalue weighted by Crippen LogP contribution is -2.22. The first-order chi connectivity index (χ1) is 9.47. The normalized spacial score (nSPS) is 10.3. The molecular formula is C13H11BrN2O4. The minimum Gasteiger partial charge on any atom is -0.478 e. The van der Waals surface area contributed by atoms with Gasteiger partial charge < -0.3 is 14.8 Å². The Kier molecular flexibility index (Phi) is 4.19. The summed E-state index contributed by atoms with van der Waals surface area (Å²) in [5.41, 5.74) is 0.550. The first-order valence-electron chi connectivity index (χ1n) is 5.69. The zero-order valence-electron chi connectivity index (χ0n) is 10.5. The minimum absolute atomic E-state index is 0.0981. The molecule has 0 fully saturated rings. The van der Waals surface area contributed by atoms with Crippen LogP contribution in [0.3, 0.4) is 0 Å². The molecule has 0 radical (unpaired) electrons. The maximum Gasteiger partial charge on any atom is 0.339 e. The first-order valence-corrected chi connectivity index (χ1v) is 6.49. The number of carboxylic acid groups (broad SMARTS) is 1. The largest absolute Gasteiger partial charge is 0.478 e. The molecule has 104 valence electrons. The van der Waals surface area contributed by atoms with Gasteiger partial charge in [0, 0.05) is 11.8 Å². The Balaban J connectivity index is 2.04. The van der Waals surface area contributed by atoms with E-state index in [-0.39, 0.29) is 18.0 Å². The van der Waals surface area contributed by atoms with Crippen molar-refractivity contribution in [1.82, 2.24) is 10.3 Å². The van der Waals surface area contributed by atoms with E-state index in [1.165, 1.54) is 12.3 Å². The van der Waals surface area contributed by atoms with Crippen molar-refractivity contribution in [3.63, 3.8) is 0 Å². The van der Waals surface area contributed by atoms with Crippen molar-refractivity contribution < 1.29 is 19.1 Å². The average molecular weight is 339 g/mol. The number of furan rings is 1. The monoisotopic (exact) mass is 338 g/mol. The van der Waals surface area contributed by atoms with Crippen molar-refractivity contribution in [3.05, 3.63) is 51.6 Å². The summed E-state index contributed by atoms with van der Waals surface area (Å²) in [6.07, 6.45) is 1.51. The van der Waals surface area contributed by atoms with E-state index in [0.717, 1.165) is 0 Å². The summed E-state index contributed by atoms with van der Waals surface area (Å²) in [5, 5.41) is 11.6. The van der Waals surface area contributed by atoms with Crippen LogP contribution in [0.4, 0.5) is 0 Å². The number of rotatable bonds is 4. The number of halogens is 1. The molecule has 7 heteroatoms. The van der Waals surface area contributed by atoms with Gasteiger partial charge in [-0.1, -0.05) is 0 Å². The lowest BCUT2D eigenvalue weighted by Gasteiger charge is -2.03. The molecule has 1 amide bonds. The van der Waals surface area contributed by atoms with Gasteiger partial charge in [0.15, 0.2) is 0 Å². The highest BCUT2D eigenvalue weighted by Gasteiger charge is 2.14. The van der Waals surface area contributed by atoms with E-state index >= 15 is 0 Å². The van der Waals surface area contributed by atoms with Crippen LogP contribution in [0.2, 0.25) is 0 Å². The van der Waals surface area contributed by atoms with Gasteiger partial charge in [-0.05, 0) is 41.1 Å². The Labute approximate surface area is 122 Å². The van der Waals surface area contributed by atoms with Gasteiger partial charge in [-0.2, -0.15) is 0 Å². The van der Waals surface area contributed by atoms with Crippen LogP contribution in [0.15, 0.2) is 33.4 Å². The lowest BCUT2D eigenvalue weighted by molar-refractivity contribution is 0.0694. The molecule has 0 spiro atoms. The fourth-order valence-electron chi connectivity index (χ4n) is 1.66. The second-order valence-electron chi connectivity index (χ2n) is 4.04. The number of pyridine rings is 1. The van der Waals surface area contributed by atoms with Gasteiger partial charge in [0.05, 0.1) is 6.54 Å². The number of amides is 1. The third-order valence-electron chi connectivity index (χ3n) is 2.61. The summed E-state index contributed by atoms with van der Waals surface area (Å²) < 4.78 is 5.83. The Morgan fingerprint density at radius 3 is 2.80 bits per heavy atom. The molecule has 0 aliphatic carbocycles. The molecule has 0 bridgehead atoms. The first kappa shape index (κ1) is 14.3. The van der Waals surface area contributed by atoms with E-state index in [1.807, 2.05) is 0 Å². The minimum atomic E-state index is -1.05. The van der Waals surface area contributed by atoms with Gasteiger partial charge in [0.2, 0.25) is 0 Å². The van der Waals surface area contributed by atoms with Crippen LogP contribution >= 0.6 is 15.9 Å². The fourth-order valence-corrected chi connectivity index (χ4v) is 2.02. The van der Waals surface area contributed by atoms with Crippen molar-refractivity contribution in [2.45, 2.75) is 13.5 Å². The third kappa shape index (κ3) is 3.24. The smallest absolute Gasteiger partial charge is 0.339 e. The zero-order chi connectivity index (χ0) is 14.7. The van der Waals surface area contributed by atoms with Gasteiger partial charge >= 0.3 is 5.97 Å². The molecule has 6 nitrogen and oxygen atoms in total. The molecule has 0 aliphatic heterocycles. The number of nitrogens with one attached hydrogen (secondary N) is 1. The molecule has 0 saturated carbocycles. The SMILES string of the molecule is Cc1oc(CNC(=O)c2ccnc(Br)c2)cc1C(=O)O. The molecule has 0 aromatic carbocycles. The molecule has 0 saturated heterocycles. The predicted octanol–water partition coefficient (Wildman–Crippen LogP) is 2.37. The Hall–Kier alpha value is -2.15. The van der Waals surface area contributed by atoms with Gasteiger partial charge in [0.1, 0.15) is 21.7 Å². The number of carbonyl (C=O) groups excluding carboxylic acids is 1. The van der Waals surface area contributed by atoms with Crippen molar-refractivity contribution in [3.8, 4) is 0 Å². The summed E-state index contributed by atoms with van der Waals surface area (Å²) in [6, 6.07) is 4.57. The highest BCUT2D eigenvalue weighted by atomic mass is 79.9. The molecule has 2 aromatic rings. The molecule has 20 heavy (non-hydrogen) atoms. The van der Waals surface area contributed by atoms with Crippen molar-refractivity contribution in [1.29, 1.82) is 0 Å². The maximum absolute atomic E-state index is 11.9. The number of nitrogens with zero attached hydrogens (tertiary/aromatic N) is 1. The molecule has 0 aliphatic rings. The van der Waals surface area contributed by atoms with E-state index in [4.69, 9.17) is 9.52 Å². The number of carbonyl (C=O) groups is 2. The molecule has 2 rings (SSSR count). The Bertz CT molecular complexity index is 666. The second kappa shape index (κ2) is 5.87. The second-order valence-corrected chi connectivity index (χ2v) is 4.85. The number of hydrogen-bond acceptors (Lipinski definition) is 4. The van der Waals surface area contributed by atoms with Crippen LogP contribution < -0.4 is 5.32 Å². The molecule has 0 unspecified atom stereocenters.